The zero-order valence-corrected chi connectivity index (χ0v) is 17.4. The Morgan fingerprint density at radius 3 is 2.59 bits per heavy atom. The Balaban J connectivity index is 1.78. The molecule has 0 saturated heterocycles. The summed E-state index contributed by atoms with van der Waals surface area (Å²) < 4.78 is 19.6. The van der Waals surface area contributed by atoms with Crippen LogP contribution in [0.2, 0.25) is 5.02 Å². The zero-order valence-electron chi connectivity index (χ0n) is 15.9. The first-order valence-electron chi connectivity index (χ1n) is 8.94. The van der Waals surface area contributed by atoms with Crippen LogP contribution in [0.1, 0.15) is 30.0 Å². The number of amides is 1. The van der Waals surface area contributed by atoms with Gasteiger partial charge in [0.15, 0.2) is 6.10 Å². The minimum absolute atomic E-state index is 0.138. The van der Waals surface area contributed by atoms with Crippen LogP contribution in [0.15, 0.2) is 36.4 Å². The fraction of sp³-hybridized carbons (Fsp3) is 0.381. The van der Waals surface area contributed by atoms with Crippen molar-refractivity contribution in [3.05, 3.63) is 63.9 Å². The molecule has 1 atom stereocenters. The van der Waals surface area contributed by atoms with E-state index in [0.717, 1.165) is 11.1 Å². The highest BCUT2D eigenvalue weighted by Gasteiger charge is 2.18. The highest BCUT2D eigenvalue weighted by atomic mass is 35.5. The van der Waals surface area contributed by atoms with Crippen molar-refractivity contribution in [1.82, 2.24) is 5.32 Å². The normalized spacial score (nSPS) is 11.9. The lowest BCUT2D eigenvalue weighted by Gasteiger charge is -2.18. The van der Waals surface area contributed by atoms with Gasteiger partial charge in [-0.05, 0) is 55.7 Å². The average Bonchev–Trinajstić information content (AvgIpc) is 2.60. The van der Waals surface area contributed by atoms with E-state index in [-0.39, 0.29) is 11.7 Å². The van der Waals surface area contributed by atoms with Crippen molar-refractivity contribution in [2.24, 2.45) is 0 Å². The van der Waals surface area contributed by atoms with Crippen LogP contribution in [0.5, 0.6) is 5.75 Å². The van der Waals surface area contributed by atoms with Gasteiger partial charge in [-0.1, -0.05) is 30.7 Å². The topological polar surface area (TPSA) is 38.3 Å². The number of nitrogens with one attached hydrogen (secondary N) is 1. The largest absolute Gasteiger partial charge is 0.481 e. The molecule has 0 aromatic heterocycles. The van der Waals surface area contributed by atoms with Gasteiger partial charge < -0.3 is 10.1 Å². The van der Waals surface area contributed by atoms with Crippen LogP contribution < -0.4 is 10.1 Å². The molecule has 146 valence electrons. The van der Waals surface area contributed by atoms with Crippen LogP contribution in [0.3, 0.4) is 0 Å². The lowest BCUT2D eigenvalue weighted by atomic mass is 10.1. The first-order chi connectivity index (χ1) is 12.9. The third-order valence-electron chi connectivity index (χ3n) is 3.99. The second-order valence-corrected chi connectivity index (χ2v) is 7.89. The van der Waals surface area contributed by atoms with Gasteiger partial charge in [-0.15, -0.1) is 0 Å². The summed E-state index contributed by atoms with van der Waals surface area (Å²) in [5, 5.41) is 3.32. The molecule has 1 amide bonds. The van der Waals surface area contributed by atoms with Crippen LogP contribution in [0.4, 0.5) is 4.39 Å². The summed E-state index contributed by atoms with van der Waals surface area (Å²) in [6, 6.07) is 10.6. The van der Waals surface area contributed by atoms with Crippen LogP contribution in [0, 0.1) is 19.7 Å². The maximum absolute atomic E-state index is 13.7. The zero-order chi connectivity index (χ0) is 19.8. The van der Waals surface area contributed by atoms with Crippen LogP contribution in [-0.4, -0.2) is 24.3 Å². The predicted octanol–water partition coefficient (Wildman–Crippen LogP) is 5.30. The van der Waals surface area contributed by atoms with E-state index in [1.54, 1.807) is 12.1 Å². The fourth-order valence-corrected chi connectivity index (χ4v) is 3.89. The predicted molar refractivity (Wildman–Crippen MR) is 111 cm³/mol. The van der Waals surface area contributed by atoms with Gasteiger partial charge in [-0.2, -0.15) is 11.8 Å². The van der Waals surface area contributed by atoms with E-state index in [1.165, 1.54) is 17.8 Å². The Labute approximate surface area is 169 Å². The maximum atomic E-state index is 13.7. The molecule has 1 unspecified atom stereocenters. The molecule has 0 aliphatic rings. The van der Waals surface area contributed by atoms with E-state index < -0.39 is 6.10 Å². The monoisotopic (exact) mass is 409 g/mol. The van der Waals surface area contributed by atoms with Gasteiger partial charge in [0, 0.05) is 28.6 Å². The van der Waals surface area contributed by atoms with Gasteiger partial charge in [-0.3, -0.25) is 4.79 Å². The molecule has 0 spiro atoms. The number of benzene rings is 2. The Morgan fingerprint density at radius 2 is 1.96 bits per heavy atom. The second kappa shape index (κ2) is 10.6. The third kappa shape index (κ3) is 6.74. The molecule has 2 aromatic carbocycles. The molecule has 2 aromatic rings. The van der Waals surface area contributed by atoms with E-state index in [9.17, 15) is 9.18 Å². The highest BCUT2D eigenvalue weighted by Crippen LogP contribution is 2.23. The standard InChI is InChI=1S/C21H25ClFNO2S/c1-4-20(26-16-11-14(2)10-15(3)12-16)21(25)24-8-9-27-13-17-18(22)6-5-7-19(17)23/h5-7,10-12,20H,4,8-9,13H2,1-3H3,(H,24,25). The highest BCUT2D eigenvalue weighted by molar-refractivity contribution is 7.98. The number of hydrogen-bond acceptors (Lipinski definition) is 3. The Bertz CT molecular complexity index is 744. The van der Waals surface area contributed by atoms with Gasteiger partial charge >= 0.3 is 0 Å². The summed E-state index contributed by atoms with van der Waals surface area (Å²) in [6.45, 7) is 6.41. The van der Waals surface area contributed by atoms with Crippen LogP contribution in [-0.2, 0) is 10.5 Å². The molecule has 3 nitrogen and oxygen atoms in total. The van der Waals surface area contributed by atoms with Crippen LogP contribution >= 0.6 is 23.4 Å². The number of hydrogen-bond donors (Lipinski definition) is 1. The van der Waals surface area contributed by atoms with Crippen molar-refractivity contribution in [1.29, 1.82) is 0 Å². The molecular formula is C21H25ClFNO2S. The fourth-order valence-electron chi connectivity index (χ4n) is 2.69. The number of aryl methyl sites for hydroxylation is 2. The summed E-state index contributed by atoms with van der Waals surface area (Å²) in [6.07, 6.45) is 0.0498. The van der Waals surface area contributed by atoms with Gasteiger partial charge in [0.1, 0.15) is 11.6 Å². The van der Waals surface area contributed by atoms with Gasteiger partial charge in [0.2, 0.25) is 0 Å². The van der Waals surface area contributed by atoms with E-state index in [1.807, 2.05) is 32.9 Å². The summed E-state index contributed by atoms with van der Waals surface area (Å²) in [4.78, 5) is 12.4. The summed E-state index contributed by atoms with van der Waals surface area (Å²) in [5.41, 5.74) is 2.70. The average molecular weight is 410 g/mol. The van der Waals surface area contributed by atoms with Gasteiger partial charge in [0.05, 0.1) is 0 Å². The molecule has 0 radical (unpaired) electrons. The molecule has 27 heavy (non-hydrogen) atoms. The molecule has 0 aliphatic carbocycles. The quantitative estimate of drug-likeness (QED) is 0.571. The van der Waals surface area contributed by atoms with Gasteiger partial charge in [-0.25, -0.2) is 4.39 Å². The molecular weight excluding hydrogens is 385 g/mol. The maximum Gasteiger partial charge on any atom is 0.261 e. The Hall–Kier alpha value is -1.72. The Kier molecular flexibility index (Phi) is 8.45. The number of halogens is 2. The first kappa shape index (κ1) is 21.6. The molecule has 0 fully saturated rings. The van der Waals surface area contributed by atoms with E-state index in [0.29, 0.717) is 40.8 Å². The molecule has 0 heterocycles. The number of rotatable bonds is 9. The van der Waals surface area contributed by atoms with Crippen molar-refractivity contribution in [3.63, 3.8) is 0 Å². The van der Waals surface area contributed by atoms with Crippen molar-refractivity contribution >= 4 is 29.3 Å². The van der Waals surface area contributed by atoms with Crippen molar-refractivity contribution in [2.45, 2.75) is 39.0 Å². The first-order valence-corrected chi connectivity index (χ1v) is 10.5. The molecule has 0 saturated carbocycles. The molecule has 2 rings (SSSR count). The minimum atomic E-state index is -0.530. The number of carbonyl (C=O) groups excluding carboxylic acids is 1. The third-order valence-corrected chi connectivity index (χ3v) is 5.33. The molecule has 6 heteroatoms. The minimum Gasteiger partial charge on any atom is -0.481 e. The summed E-state index contributed by atoms with van der Waals surface area (Å²) in [5.74, 6) is 1.40. The van der Waals surface area contributed by atoms with Crippen molar-refractivity contribution < 1.29 is 13.9 Å². The molecule has 0 aliphatic heterocycles. The number of thioether (sulfide) groups is 1. The summed E-state index contributed by atoms with van der Waals surface area (Å²) >= 11 is 7.54. The number of carbonyl (C=O) groups is 1. The van der Waals surface area contributed by atoms with Gasteiger partial charge in [0.25, 0.3) is 5.91 Å². The van der Waals surface area contributed by atoms with E-state index >= 15 is 0 Å². The molecule has 0 bridgehead atoms. The second-order valence-electron chi connectivity index (χ2n) is 6.38. The summed E-state index contributed by atoms with van der Waals surface area (Å²) in [7, 11) is 0. The van der Waals surface area contributed by atoms with E-state index in [2.05, 4.69) is 11.4 Å². The number of ether oxygens (including phenoxy) is 1. The van der Waals surface area contributed by atoms with Crippen molar-refractivity contribution in [2.75, 3.05) is 12.3 Å². The molecule has 1 N–H and O–H groups in total. The lowest BCUT2D eigenvalue weighted by Crippen LogP contribution is -2.39. The van der Waals surface area contributed by atoms with Crippen molar-refractivity contribution in [3.8, 4) is 5.75 Å². The lowest BCUT2D eigenvalue weighted by molar-refractivity contribution is -0.127. The SMILES string of the molecule is CCC(Oc1cc(C)cc(C)c1)C(=O)NCCSCc1c(F)cccc1Cl. The smallest absolute Gasteiger partial charge is 0.261 e. The van der Waals surface area contributed by atoms with Crippen LogP contribution in [0.25, 0.3) is 0 Å². The Morgan fingerprint density at radius 1 is 1.26 bits per heavy atom. The van der Waals surface area contributed by atoms with E-state index in [4.69, 9.17) is 16.3 Å².